The summed E-state index contributed by atoms with van der Waals surface area (Å²) in [6.45, 7) is 11.1. The highest BCUT2D eigenvalue weighted by Gasteiger charge is 2.41. The van der Waals surface area contributed by atoms with Crippen molar-refractivity contribution in [3.8, 4) is 6.07 Å². The molecule has 1 aliphatic carbocycles. The first-order valence-electron chi connectivity index (χ1n) is 7.70. The maximum atomic E-state index is 9.52. The highest BCUT2D eigenvalue weighted by atomic mass is 15.2. The molecule has 0 aromatic rings. The average Bonchev–Trinajstić information content (AvgIpc) is 2.71. The van der Waals surface area contributed by atoms with Crippen molar-refractivity contribution in [2.24, 2.45) is 5.92 Å². The van der Waals surface area contributed by atoms with Gasteiger partial charge in [-0.05, 0) is 59.4 Å². The maximum absolute atomic E-state index is 9.52. The second-order valence-electron chi connectivity index (χ2n) is 7.03. The van der Waals surface area contributed by atoms with Crippen molar-refractivity contribution in [3.63, 3.8) is 0 Å². The zero-order chi connectivity index (χ0) is 14.6. The van der Waals surface area contributed by atoms with E-state index in [9.17, 15) is 5.26 Å². The highest BCUT2D eigenvalue weighted by Crippen LogP contribution is 2.34. The van der Waals surface area contributed by atoms with Crippen LogP contribution in [0.1, 0.15) is 60.3 Å². The van der Waals surface area contributed by atoms with Gasteiger partial charge in [0, 0.05) is 18.1 Å². The molecule has 19 heavy (non-hydrogen) atoms. The van der Waals surface area contributed by atoms with Crippen molar-refractivity contribution in [2.75, 3.05) is 7.05 Å². The van der Waals surface area contributed by atoms with Crippen LogP contribution in [0.15, 0.2) is 0 Å². The highest BCUT2D eigenvalue weighted by molar-refractivity contribution is 5.14. The summed E-state index contributed by atoms with van der Waals surface area (Å²) in [5, 5.41) is 13.0. The SMILES string of the molecule is CC(C)CC(C)N(C)C1CCC(C#N)(NC(C)C)C1. The largest absolute Gasteiger partial charge is 0.301 e. The predicted octanol–water partition coefficient (Wildman–Crippen LogP) is 3.17. The lowest BCUT2D eigenvalue weighted by atomic mass is 9.97. The molecule has 0 aromatic heterocycles. The Balaban J connectivity index is 2.61. The van der Waals surface area contributed by atoms with Crippen LogP contribution in [0.2, 0.25) is 0 Å². The fourth-order valence-corrected chi connectivity index (χ4v) is 3.39. The van der Waals surface area contributed by atoms with Crippen LogP contribution >= 0.6 is 0 Å². The predicted molar refractivity (Wildman–Crippen MR) is 80.9 cm³/mol. The maximum Gasteiger partial charge on any atom is 0.108 e. The van der Waals surface area contributed by atoms with Crippen LogP contribution in [0, 0.1) is 17.2 Å². The Hall–Kier alpha value is -0.590. The quantitative estimate of drug-likeness (QED) is 0.802. The van der Waals surface area contributed by atoms with Crippen LogP contribution < -0.4 is 5.32 Å². The summed E-state index contributed by atoms with van der Waals surface area (Å²) in [6, 6.07) is 4.04. The van der Waals surface area contributed by atoms with Crippen molar-refractivity contribution >= 4 is 0 Å². The minimum absolute atomic E-state index is 0.301. The van der Waals surface area contributed by atoms with Gasteiger partial charge in [0.2, 0.25) is 0 Å². The van der Waals surface area contributed by atoms with Gasteiger partial charge in [-0.15, -0.1) is 0 Å². The molecule has 0 aromatic carbocycles. The third-order valence-electron chi connectivity index (χ3n) is 4.35. The van der Waals surface area contributed by atoms with Crippen LogP contribution in [0.5, 0.6) is 0 Å². The van der Waals surface area contributed by atoms with Crippen LogP contribution in [0.25, 0.3) is 0 Å². The average molecular weight is 265 g/mol. The summed E-state index contributed by atoms with van der Waals surface area (Å²) in [4.78, 5) is 2.49. The molecule has 110 valence electrons. The van der Waals surface area contributed by atoms with Gasteiger partial charge < -0.3 is 4.90 Å². The molecule has 1 N–H and O–H groups in total. The van der Waals surface area contributed by atoms with Gasteiger partial charge in [-0.25, -0.2) is 0 Å². The number of nitrogens with zero attached hydrogens (tertiary/aromatic N) is 2. The summed E-state index contributed by atoms with van der Waals surface area (Å²) in [5.41, 5.74) is -0.301. The van der Waals surface area contributed by atoms with E-state index >= 15 is 0 Å². The van der Waals surface area contributed by atoms with Crippen molar-refractivity contribution in [1.29, 1.82) is 5.26 Å². The molecule has 3 atom stereocenters. The lowest BCUT2D eigenvalue weighted by Gasteiger charge is -2.33. The van der Waals surface area contributed by atoms with E-state index in [0.29, 0.717) is 18.1 Å². The van der Waals surface area contributed by atoms with Gasteiger partial charge in [-0.3, -0.25) is 5.32 Å². The van der Waals surface area contributed by atoms with E-state index in [4.69, 9.17) is 0 Å². The van der Waals surface area contributed by atoms with Crippen molar-refractivity contribution in [2.45, 2.75) is 84.0 Å². The van der Waals surface area contributed by atoms with Crippen LogP contribution in [0.3, 0.4) is 0 Å². The molecular weight excluding hydrogens is 234 g/mol. The number of nitriles is 1. The van der Waals surface area contributed by atoms with Crippen molar-refractivity contribution in [3.05, 3.63) is 0 Å². The van der Waals surface area contributed by atoms with Gasteiger partial charge >= 0.3 is 0 Å². The normalized spacial score (nSPS) is 29.2. The third-order valence-corrected chi connectivity index (χ3v) is 4.35. The van der Waals surface area contributed by atoms with Gasteiger partial charge in [0.05, 0.1) is 6.07 Å². The zero-order valence-corrected chi connectivity index (χ0v) is 13.5. The number of rotatable bonds is 6. The Morgan fingerprint density at radius 2 is 1.95 bits per heavy atom. The fraction of sp³-hybridized carbons (Fsp3) is 0.938. The van der Waals surface area contributed by atoms with Gasteiger partial charge in [0.25, 0.3) is 0 Å². The first kappa shape index (κ1) is 16.5. The fourth-order valence-electron chi connectivity index (χ4n) is 3.39. The van der Waals surface area contributed by atoms with Gasteiger partial charge in [-0.2, -0.15) is 5.26 Å². The third kappa shape index (κ3) is 4.47. The van der Waals surface area contributed by atoms with E-state index in [1.807, 2.05) is 0 Å². The molecule has 1 saturated carbocycles. The smallest absolute Gasteiger partial charge is 0.108 e. The van der Waals surface area contributed by atoms with E-state index in [0.717, 1.165) is 25.2 Å². The van der Waals surface area contributed by atoms with Gasteiger partial charge in [0.1, 0.15) is 5.54 Å². The van der Waals surface area contributed by atoms with E-state index < -0.39 is 0 Å². The molecule has 3 heteroatoms. The molecule has 1 aliphatic rings. The Morgan fingerprint density at radius 1 is 1.32 bits per heavy atom. The monoisotopic (exact) mass is 265 g/mol. The Bertz CT molecular complexity index is 318. The number of hydrogen-bond acceptors (Lipinski definition) is 3. The first-order chi connectivity index (χ1) is 8.79. The molecule has 0 bridgehead atoms. The van der Waals surface area contributed by atoms with E-state index in [1.165, 1.54) is 6.42 Å². The minimum Gasteiger partial charge on any atom is -0.301 e. The van der Waals surface area contributed by atoms with Crippen molar-refractivity contribution < 1.29 is 0 Å². The summed E-state index contributed by atoms with van der Waals surface area (Å²) < 4.78 is 0. The zero-order valence-electron chi connectivity index (χ0n) is 13.5. The number of nitrogens with one attached hydrogen (secondary N) is 1. The molecule has 3 nitrogen and oxygen atoms in total. The molecule has 0 radical (unpaired) electrons. The summed E-state index contributed by atoms with van der Waals surface area (Å²) in [6.07, 6.45) is 4.29. The molecule has 3 unspecified atom stereocenters. The van der Waals surface area contributed by atoms with Crippen LogP contribution in [-0.4, -0.2) is 35.6 Å². The molecule has 1 fully saturated rings. The second kappa shape index (κ2) is 6.72. The van der Waals surface area contributed by atoms with E-state index in [-0.39, 0.29) is 5.54 Å². The standard InChI is InChI=1S/C16H31N3/c1-12(2)9-14(5)19(6)15-7-8-16(10-15,11-17)18-13(3)4/h12-15,18H,7-10H2,1-6H3. The van der Waals surface area contributed by atoms with Crippen molar-refractivity contribution in [1.82, 2.24) is 10.2 Å². The molecule has 0 spiro atoms. The lowest BCUT2D eigenvalue weighted by Crippen LogP contribution is -2.47. The van der Waals surface area contributed by atoms with Crippen LogP contribution in [0.4, 0.5) is 0 Å². The Labute approximate surface area is 119 Å². The summed E-state index contributed by atoms with van der Waals surface area (Å²) >= 11 is 0. The minimum atomic E-state index is -0.301. The topological polar surface area (TPSA) is 39.1 Å². The lowest BCUT2D eigenvalue weighted by molar-refractivity contribution is 0.161. The Kier molecular flexibility index (Phi) is 5.82. The van der Waals surface area contributed by atoms with E-state index in [1.54, 1.807) is 0 Å². The molecule has 1 rings (SSSR count). The van der Waals surface area contributed by atoms with Gasteiger partial charge in [0.15, 0.2) is 0 Å². The van der Waals surface area contributed by atoms with E-state index in [2.05, 4.69) is 58.0 Å². The second-order valence-corrected chi connectivity index (χ2v) is 7.03. The first-order valence-corrected chi connectivity index (χ1v) is 7.70. The Morgan fingerprint density at radius 3 is 2.42 bits per heavy atom. The summed E-state index contributed by atoms with van der Waals surface area (Å²) in [5.74, 6) is 0.730. The van der Waals surface area contributed by atoms with Crippen LogP contribution in [-0.2, 0) is 0 Å². The van der Waals surface area contributed by atoms with Gasteiger partial charge in [-0.1, -0.05) is 13.8 Å². The molecule has 0 aliphatic heterocycles. The molecule has 0 heterocycles. The molecule has 0 amide bonds. The molecular formula is C16H31N3. The number of hydrogen-bond donors (Lipinski definition) is 1. The summed E-state index contributed by atoms with van der Waals surface area (Å²) in [7, 11) is 2.22. The molecule has 0 saturated heterocycles.